The molecule has 0 aliphatic rings. The molecule has 126 valence electrons. The third kappa shape index (κ3) is 2.19. The Bertz CT molecular complexity index is 1200. The van der Waals surface area contributed by atoms with E-state index >= 15 is 0 Å². The molecule has 0 radical (unpaired) electrons. The van der Waals surface area contributed by atoms with Crippen molar-refractivity contribution in [3.8, 4) is 11.5 Å². The molecule has 0 aliphatic heterocycles. The molecule has 0 saturated heterocycles. The summed E-state index contributed by atoms with van der Waals surface area (Å²) in [5.74, 6) is 1.77. The number of methoxy groups -OCH3 is 2. The lowest BCUT2D eigenvalue weighted by Gasteiger charge is -2.10. The lowest BCUT2D eigenvalue weighted by atomic mass is 9.95. The maximum atomic E-state index is 5.43. The van der Waals surface area contributed by atoms with Crippen molar-refractivity contribution in [3.05, 3.63) is 72.8 Å². The van der Waals surface area contributed by atoms with Crippen molar-refractivity contribution < 1.29 is 9.47 Å². The zero-order valence-corrected chi connectivity index (χ0v) is 14.7. The number of ether oxygens (including phenoxy) is 2. The van der Waals surface area contributed by atoms with Gasteiger partial charge in [0.15, 0.2) is 0 Å². The molecule has 0 fully saturated rings. The minimum absolute atomic E-state index is 0.883. The Morgan fingerprint density at radius 1 is 0.423 bits per heavy atom. The fraction of sp³-hybridized carbons (Fsp3) is 0.0833. The minimum Gasteiger partial charge on any atom is -0.497 e. The standard InChI is InChI=1S/C24H18O2/c1-25-19-9-7-15-3-5-17-12-22-18(11-21(17)23(15)13-19)6-4-16-8-10-20(26-2)14-24(16)22/h3-14H,1-2H3. The number of rotatable bonds is 2. The van der Waals surface area contributed by atoms with Crippen LogP contribution in [0.1, 0.15) is 0 Å². The van der Waals surface area contributed by atoms with Crippen LogP contribution in [0, 0.1) is 0 Å². The van der Waals surface area contributed by atoms with Crippen LogP contribution in [-0.4, -0.2) is 14.2 Å². The van der Waals surface area contributed by atoms with Crippen LogP contribution in [0.2, 0.25) is 0 Å². The highest BCUT2D eigenvalue weighted by Gasteiger charge is 2.07. The quantitative estimate of drug-likeness (QED) is 0.277. The Morgan fingerprint density at radius 3 is 1.19 bits per heavy atom. The normalized spacial score (nSPS) is 11.5. The smallest absolute Gasteiger partial charge is 0.119 e. The summed E-state index contributed by atoms with van der Waals surface area (Å²) in [4.78, 5) is 0. The number of hydrogen-bond donors (Lipinski definition) is 0. The van der Waals surface area contributed by atoms with E-state index in [1.165, 1.54) is 43.1 Å². The topological polar surface area (TPSA) is 18.5 Å². The van der Waals surface area contributed by atoms with Gasteiger partial charge in [0.25, 0.3) is 0 Å². The zero-order chi connectivity index (χ0) is 17.7. The SMILES string of the molecule is COc1ccc2ccc3cc4c(ccc5ccc(OC)cc54)cc3c2c1. The average molecular weight is 338 g/mol. The van der Waals surface area contributed by atoms with Crippen molar-refractivity contribution in [2.75, 3.05) is 14.2 Å². The molecule has 0 spiro atoms. The van der Waals surface area contributed by atoms with Crippen LogP contribution in [0.15, 0.2) is 72.8 Å². The maximum absolute atomic E-state index is 5.43. The molecular formula is C24H18O2. The Morgan fingerprint density at radius 2 is 0.769 bits per heavy atom. The average Bonchev–Trinajstić information content (AvgIpc) is 2.71. The van der Waals surface area contributed by atoms with Crippen molar-refractivity contribution in [1.29, 1.82) is 0 Å². The first kappa shape index (κ1) is 15.0. The number of hydrogen-bond acceptors (Lipinski definition) is 2. The Hall–Kier alpha value is -3.26. The second-order valence-electron chi connectivity index (χ2n) is 6.60. The molecule has 0 unspecified atom stereocenters. The van der Waals surface area contributed by atoms with Crippen LogP contribution in [0.5, 0.6) is 11.5 Å². The van der Waals surface area contributed by atoms with E-state index in [0.717, 1.165) is 11.5 Å². The summed E-state index contributed by atoms with van der Waals surface area (Å²) in [5.41, 5.74) is 0. The van der Waals surface area contributed by atoms with Crippen LogP contribution in [0.3, 0.4) is 0 Å². The summed E-state index contributed by atoms with van der Waals surface area (Å²) in [6, 6.07) is 25.8. The minimum atomic E-state index is 0.883. The van der Waals surface area contributed by atoms with Gasteiger partial charge in [0.05, 0.1) is 14.2 Å². The van der Waals surface area contributed by atoms with E-state index in [4.69, 9.17) is 9.47 Å². The van der Waals surface area contributed by atoms with Gasteiger partial charge in [-0.05, 0) is 79.5 Å². The van der Waals surface area contributed by atoms with Crippen molar-refractivity contribution in [1.82, 2.24) is 0 Å². The Labute approximate surface area is 151 Å². The van der Waals surface area contributed by atoms with Gasteiger partial charge >= 0.3 is 0 Å². The van der Waals surface area contributed by atoms with Gasteiger partial charge < -0.3 is 9.47 Å². The van der Waals surface area contributed by atoms with E-state index < -0.39 is 0 Å². The summed E-state index contributed by atoms with van der Waals surface area (Å²) >= 11 is 0. The Kier molecular flexibility index (Phi) is 3.26. The molecule has 0 atom stereocenters. The molecule has 5 aromatic rings. The van der Waals surface area contributed by atoms with Crippen molar-refractivity contribution >= 4 is 43.1 Å². The first-order valence-electron chi connectivity index (χ1n) is 8.68. The van der Waals surface area contributed by atoms with E-state index in [2.05, 4.69) is 60.7 Å². The highest BCUT2D eigenvalue weighted by molar-refractivity contribution is 6.17. The lowest BCUT2D eigenvalue weighted by molar-refractivity contribution is 0.415. The van der Waals surface area contributed by atoms with Crippen LogP contribution in [-0.2, 0) is 0 Å². The van der Waals surface area contributed by atoms with Crippen molar-refractivity contribution in [2.24, 2.45) is 0 Å². The molecule has 0 aromatic heterocycles. The van der Waals surface area contributed by atoms with Gasteiger partial charge in [-0.25, -0.2) is 0 Å². The maximum Gasteiger partial charge on any atom is 0.119 e. The predicted octanol–water partition coefficient (Wildman–Crippen LogP) is 6.32. The van der Waals surface area contributed by atoms with Gasteiger partial charge in [-0.2, -0.15) is 0 Å². The molecule has 2 heteroatoms. The molecule has 26 heavy (non-hydrogen) atoms. The third-order valence-corrected chi connectivity index (χ3v) is 5.21. The monoisotopic (exact) mass is 338 g/mol. The lowest BCUT2D eigenvalue weighted by Crippen LogP contribution is -1.86. The van der Waals surface area contributed by atoms with E-state index in [-0.39, 0.29) is 0 Å². The molecular weight excluding hydrogens is 320 g/mol. The second kappa shape index (κ2) is 5.63. The molecule has 0 N–H and O–H groups in total. The summed E-state index contributed by atoms with van der Waals surface area (Å²) in [6.07, 6.45) is 0. The summed E-state index contributed by atoms with van der Waals surface area (Å²) in [5, 5.41) is 9.83. The van der Waals surface area contributed by atoms with Crippen LogP contribution >= 0.6 is 0 Å². The van der Waals surface area contributed by atoms with E-state index in [0.29, 0.717) is 0 Å². The Balaban J connectivity index is 1.91. The van der Waals surface area contributed by atoms with Crippen LogP contribution in [0.25, 0.3) is 43.1 Å². The highest BCUT2D eigenvalue weighted by atomic mass is 16.5. The van der Waals surface area contributed by atoms with Crippen LogP contribution in [0.4, 0.5) is 0 Å². The van der Waals surface area contributed by atoms with Crippen LogP contribution < -0.4 is 9.47 Å². The molecule has 0 amide bonds. The summed E-state index contributed by atoms with van der Waals surface area (Å²) < 4.78 is 10.9. The number of benzene rings is 5. The fourth-order valence-electron chi connectivity index (χ4n) is 3.82. The van der Waals surface area contributed by atoms with Gasteiger partial charge in [0, 0.05) is 0 Å². The first-order chi connectivity index (χ1) is 12.8. The molecule has 0 aliphatic carbocycles. The highest BCUT2D eigenvalue weighted by Crippen LogP contribution is 2.35. The third-order valence-electron chi connectivity index (χ3n) is 5.21. The molecule has 2 nitrogen and oxygen atoms in total. The first-order valence-corrected chi connectivity index (χ1v) is 8.68. The van der Waals surface area contributed by atoms with Gasteiger partial charge in [0.1, 0.15) is 11.5 Å². The largest absolute Gasteiger partial charge is 0.497 e. The number of fused-ring (bicyclic) bond motifs is 6. The molecule has 0 saturated carbocycles. The molecule has 0 bridgehead atoms. The van der Waals surface area contributed by atoms with Crippen molar-refractivity contribution in [3.63, 3.8) is 0 Å². The van der Waals surface area contributed by atoms with E-state index in [9.17, 15) is 0 Å². The van der Waals surface area contributed by atoms with Gasteiger partial charge in [-0.3, -0.25) is 0 Å². The molecule has 0 heterocycles. The summed E-state index contributed by atoms with van der Waals surface area (Å²) in [6.45, 7) is 0. The molecule has 5 rings (SSSR count). The van der Waals surface area contributed by atoms with E-state index in [1.807, 2.05) is 12.1 Å². The predicted molar refractivity (Wildman–Crippen MR) is 110 cm³/mol. The van der Waals surface area contributed by atoms with Gasteiger partial charge in [0.2, 0.25) is 0 Å². The van der Waals surface area contributed by atoms with Gasteiger partial charge in [-0.15, -0.1) is 0 Å². The second-order valence-corrected chi connectivity index (χ2v) is 6.60. The zero-order valence-electron chi connectivity index (χ0n) is 14.7. The van der Waals surface area contributed by atoms with E-state index in [1.54, 1.807) is 14.2 Å². The van der Waals surface area contributed by atoms with Gasteiger partial charge in [-0.1, -0.05) is 36.4 Å². The summed E-state index contributed by atoms with van der Waals surface area (Å²) in [7, 11) is 3.42. The molecule has 5 aromatic carbocycles. The van der Waals surface area contributed by atoms with Crippen molar-refractivity contribution in [2.45, 2.75) is 0 Å². The fourth-order valence-corrected chi connectivity index (χ4v) is 3.82.